The first-order valence-electron chi connectivity index (χ1n) is 6.27. The fourth-order valence-corrected chi connectivity index (χ4v) is 2.23. The molecule has 1 unspecified atom stereocenters. The molecular formula is C14H18BrN3O. The van der Waals surface area contributed by atoms with E-state index in [0.29, 0.717) is 6.04 Å². The van der Waals surface area contributed by atoms with Crippen molar-refractivity contribution >= 4 is 21.6 Å². The zero-order chi connectivity index (χ0) is 13.8. The number of hydrogen-bond acceptors (Lipinski definition) is 3. The number of aliphatic hydroxyl groups is 1. The van der Waals surface area contributed by atoms with Gasteiger partial charge in [0.25, 0.3) is 0 Å². The lowest BCUT2D eigenvalue weighted by Gasteiger charge is -2.16. The summed E-state index contributed by atoms with van der Waals surface area (Å²) in [6.45, 7) is 4.18. The Labute approximate surface area is 121 Å². The van der Waals surface area contributed by atoms with Crippen LogP contribution in [0.2, 0.25) is 0 Å². The molecule has 0 saturated heterocycles. The lowest BCUT2D eigenvalue weighted by atomic mass is 10.1. The van der Waals surface area contributed by atoms with E-state index in [0.717, 1.165) is 15.7 Å². The van der Waals surface area contributed by atoms with Crippen molar-refractivity contribution in [2.75, 3.05) is 11.9 Å². The summed E-state index contributed by atoms with van der Waals surface area (Å²) in [7, 11) is 0. The normalized spacial score (nSPS) is 12.7. The number of halogens is 1. The Morgan fingerprint density at radius 2 is 2.21 bits per heavy atom. The summed E-state index contributed by atoms with van der Waals surface area (Å²) in [5.74, 6) is 0. The van der Waals surface area contributed by atoms with E-state index in [9.17, 15) is 5.11 Å². The van der Waals surface area contributed by atoms with Crippen molar-refractivity contribution in [3.05, 3.63) is 46.7 Å². The van der Waals surface area contributed by atoms with Gasteiger partial charge in [-0.15, -0.1) is 0 Å². The van der Waals surface area contributed by atoms with Crippen LogP contribution in [-0.2, 0) is 0 Å². The summed E-state index contributed by atoms with van der Waals surface area (Å²) in [6.07, 6.45) is 3.77. The van der Waals surface area contributed by atoms with Crippen LogP contribution >= 0.6 is 15.9 Å². The molecule has 5 heteroatoms. The van der Waals surface area contributed by atoms with Crippen LogP contribution in [0.4, 0.5) is 5.69 Å². The Morgan fingerprint density at radius 1 is 1.42 bits per heavy atom. The molecular weight excluding hydrogens is 306 g/mol. The maximum Gasteiger partial charge on any atom is 0.0775 e. The highest BCUT2D eigenvalue weighted by Gasteiger charge is 2.13. The van der Waals surface area contributed by atoms with Crippen molar-refractivity contribution in [1.82, 2.24) is 9.78 Å². The van der Waals surface area contributed by atoms with E-state index in [2.05, 4.69) is 40.2 Å². The fourth-order valence-electron chi connectivity index (χ4n) is 1.83. The second-order valence-corrected chi connectivity index (χ2v) is 5.65. The molecule has 2 aromatic rings. The minimum Gasteiger partial charge on any atom is -0.394 e. The van der Waals surface area contributed by atoms with E-state index in [1.54, 1.807) is 6.20 Å². The van der Waals surface area contributed by atoms with Gasteiger partial charge in [0.15, 0.2) is 0 Å². The molecule has 1 atom stereocenters. The highest BCUT2D eigenvalue weighted by Crippen LogP contribution is 2.22. The van der Waals surface area contributed by atoms with Gasteiger partial charge in [-0.1, -0.05) is 22.0 Å². The van der Waals surface area contributed by atoms with Crippen molar-refractivity contribution in [3.8, 4) is 0 Å². The standard InChI is InChI=1S/C14H18BrN3O/c1-10(2)18-8-11(7-16-18)14(9-19)17-13-5-3-4-12(15)6-13/h3-8,10,14,17,19H,9H2,1-2H3. The van der Waals surface area contributed by atoms with Crippen LogP contribution in [0.25, 0.3) is 0 Å². The van der Waals surface area contributed by atoms with Crippen LogP contribution in [0.5, 0.6) is 0 Å². The highest BCUT2D eigenvalue weighted by atomic mass is 79.9. The van der Waals surface area contributed by atoms with Crippen molar-refractivity contribution in [1.29, 1.82) is 0 Å². The molecule has 0 aliphatic rings. The van der Waals surface area contributed by atoms with Crippen molar-refractivity contribution in [2.45, 2.75) is 25.9 Å². The van der Waals surface area contributed by atoms with Crippen LogP contribution in [-0.4, -0.2) is 21.5 Å². The summed E-state index contributed by atoms with van der Waals surface area (Å²) >= 11 is 3.43. The van der Waals surface area contributed by atoms with Crippen molar-refractivity contribution < 1.29 is 5.11 Å². The second kappa shape index (κ2) is 6.21. The van der Waals surface area contributed by atoms with Gasteiger partial charge in [-0.05, 0) is 32.0 Å². The molecule has 1 heterocycles. The number of nitrogens with zero attached hydrogens (tertiary/aromatic N) is 2. The number of nitrogens with one attached hydrogen (secondary N) is 1. The Bertz CT molecular complexity index is 539. The summed E-state index contributed by atoms with van der Waals surface area (Å²) in [5.41, 5.74) is 1.95. The number of anilines is 1. The molecule has 4 nitrogen and oxygen atoms in total. The smallest absolute Gasteiger partial charge is 0.0775 e. The van der Waals surface area contributed by atoms with Gasteiger partial charge < -0.3 is 10.4 Å². The molecule has 0 aliphatic heterocycles. The first kappa shape index (κ1) is 14.1. The van der Waals surface area contributed by atoms with Gasteiger partial charge >= 0.3 is 0 Å². The van der Waals surface area contributed by atoms with E-state index in [1.165, 1.54) is 0 Å². The number of rotatable bonds is 5. The van der Waals surface area contributed by atoms with E-state index in [-0.39, 0.29) is 12.6 Å². The number of hydrogen-bond donors (Lipinski definition) is 2. The van der Waals surface area contributed by atoms with Gasteiger partial charge in [0.2, 0.25) is 0 Å². The minimum absolute atomic E-state index is 0.0241. The van der Waals surface area contributed by atoms with Gasteiger partial charge in [-0.3, -0.25) is 4.68 Å². The maximum absolute atomic E-state index is 9.55. The summed E-state index contributed by atoms with van der Waals surface area (Å²) in [4.78, 5) is 0. The average molecular weight is 324 g/mol. The van der Waals surface area contributed by atoms with E-state index in [4.69, 9.17) is 0 Å². The number of benzene rings is 1. The van der Waals surface area contributed by atoms with Crippen molar-refractivity contribution in [3.63, 3.8) is 0 Å². The van der Waals surface area contributed by atoms with Crippen LogP contribution in [0.3, 0.4) is 0 Å². The molecule has 0 radical (unpaired) electrons. The predicted octanol–water partition coefficient (Wildman–Crippen LogP) is 3.37. The molecule has 19 heavy (non-hydrogen) atoms. The summed E-state index contributed by atoms with van der Waals surface area (Å²) in [6, 6.07) is 8.05. The van der Waals surface area contributed by atoms with Gasteiger partial charge in [-0.25, -0.2) is 0 Å². The van der Waals surface area contributed by atoms with Gasteiger partial charge in [0, 0.05) is 28.0 Å². The lowest BCUT2D eigenvalue weighted by molar-refractivity contribution is 0.276. The SMILES string of the molecule is CC(C)n1cc(C(CO)Nc2cccc(Br)c2)cn1. The predicted molar refractivity (Wildman–Crippen MR) is 80.2 cm³/mol. The summed E-state index contributed by atoms with van der Waals surface area (Å²) in [5, 5.41) is 17.2. The largest absolute Gasteiger partial charge is 0.394 e. The maximum atomic E-state index is 9.55. The van der Waals surface area contributed by atoms with Crippen LogP contribution in [0, 0.1) is 0 Å². The first-order valence-corrected chi connectivity index (χ1v) is 7.06. The lowest BCUT2D eigenvalue weighted by Crippen LogP contribution is -2.14. The zero-order valence-electron chi connectivity index (χ0n) is 11.0. The number of aliphatic hydroxyl groups excluding tert-OH is 1. The fraction of sp³-hybridized carbons (Fsp3) is 0.357. The Morgan fingerprint density at radius 3 is 2.79 bits per heavy atom. The van der Waals surface area contributed by atoms with Gasteiger partial charge in [0.1, 0.15) is 0 Å². The molecule has 102 valence electrons. The molecule has 0 bridgehead atoms. The van der Waals surface area contributed by atoms with Crippen molar-refractivity contribution in [2.24, 2.45) is 0 Å². The molecule has 1 aromatic heterocycles. The Balaban J connectivity index is 2.15. The van der Waals surface area contributed by atoms with E-state index >= 15 is 0 Å². The minimum atomic E-state index is -0.151. The van der Waals surface area contributed by atoms with Crippen LogP contribution in [0.15, 0.2) is 41.1 Å². The van der Waals surface area contributed by atoms with Crippen LogP contribution < -0.4 is 5.32 Å². The van der Waals surface area contributed by atoms with E-state index < -0.39 is 0 Å². The third-order valence-electron chi connectivity index (χ3n) is 2.90. The third kappa shape index (κ3) is 3.58. The molecule has 2 rings (SSSR count). The second-order valence-electron chi connectivity index (χ2n) is 4.74. The monoisotopic (exact) mass is 323 g/mol. The Kier molecular flexibility index (Phi) is 4.61. The average Bonchev–Trinajstić information content (AvgIpc) is 2.85. The molecule has 0 spiro atoms. The zero-order valence-corrected chi connectivity index (χ0v) is 12.6. The molecule has 0 aliphatic carbocycles. The molecule has 0 amide bonds. The van der Waals surface area contributed by atoms with Gasteiger partial charge in [-0.2, -0.15) is 5.10 Å². The van der Waals surface area contributed by atoms with Gasteiger partial charge in [0.05, 0.1) is 18.8 Å². The molecule has 1 aromatic carbocycles. The molecule has 0 fully saturated rings. The molecule has 2 N–H and O–H groups in total. The number of aromatic nitrogens is 2. The van der Waals surface area contributed by atoms with Crippen LogP contribution in [0.1, 0.15) is 31.5 Å². The summed E-state index contributed by atoms with van der Waals surface area (Å²) < 4.78 is 2.90. The van der Waals surface area contributed by atoms with E-state index in [1.807, 2.05) is 35.1 Å². The molecule has 0 saturated carbocycles. The Hall–Kier alpha value is -1.33. The third-order valence-corrected chi connectivity index (χ3v) is 3.39. The quantitative estimate of drug-likeness (QED) is 0.886. The topological polar surface area (TPSA) is 50.1 Å². The highest BCUT2D eigenvalue weighted by molar-refractivity contribution is 9.10. The first-order chi connectivity index (χ1) is 9.10.